The van der Waals surface area contributed by atoms with Gasteiger partial charge in [0.2, 0.25) is 11.9 Å². The number of aryl methyl sites for hydroxylation is 1. The van der Waals surface area contributed by atoms with Gasteiger partial charge < -0.3 is 15.6 Å². The number of Topliss-reactive ketones (excluding diaryl/α,β-unsaturated/α-hetero) is 1. The van der Waals surface area contributed by atoms with Crippen LogP contribution in [0.3, 0.4) is 0 Å². The Hall–Kier alpha value is -4.83. The monoisotopic (exact) mass is 524 g/mol. The number of nitrogens with zero attached hydrogens (tertiary/aromatic N) is 3. The summed E-state index contributed by atoms with van der Waals surface area (Å²) in [5, 5.41) is 6.01. The van der Waals surface area contributed by atoms with Crippen molar-refractivity contribution in [2.45, 2.75) is 13.0 Å². The maximum atomic E-state index is 13.1. The maximum absolute atomic E-state index is 13.1. The van der Waals surface area contributed by atoms with Gasteiger partial charge in [0.05, 0.1) is 22.5 Å². The highest BCUT2D eigenvalue weighted by Gasteiger charge is 2.17. The lowest BCUT2D eigenvalue weighted by atomic mass is 10.1. The van der Waals surface area contributed by atoms with E-state index in [-0.39, 0.29) is 31.2 Å². The molecule has 2 aromatic carbocycles. The lowest BCUT2D eigenvalue weighted by Gasteiger charge is -2.09. The molecule has 5 aromatic rings. The molecule has 0 aliphatic heterocycles. The number of nitrogens with two attached hydrogens (primary N) is 1. The molecule has 0 aliphatic rings. The molecule has 10 heteroatoms. The van der Waals surface area contributed by atoms with Crippen molar-refractivity contribution in [1.29, 1.82) is 0 Å². The van der Waals surface area contributed by atoms with Crippen LogP contribution in [-0.4, -0.2) is 38.7 Å². The van der Waals surface area contributed by atoms with Gasteiger partial charge in [-0.1, -0.05) is 36.4 Å². The number of hydrogen-bond acceptors (Lipinski definition) is 7. The van der Waals surface area contributed by atoms with Gasteiger partial charge in [-0.3, -0.25) is 24.7 Å². The number of pyridine rings is 1. The number of anilines is 2. The fourth-order valence-corrected chi connectivity index (χ4v) is 4.87. The molecule has 4 N–H and O–H groups in total. The Balaban J connectivity index is 1.37. The summed E-state index contributed by atoms with van der Waals surface area (Å²) in [4.78, 5) is 47.2. The molecule has 0 saturated carbocycles. The average molecular weight is 525 g/mol. The highest BCUT2D eigenvalue weighted by atomic mass is 32.1. The third kappa shape index (κ3) is 5.60. The van der Waals surface area contributed by atoms with E-state index in [2.05, 4.69) is 20.6 Å². The zero-order chi connectivity index (χ0) is 26.5. The van der Waals surface area contributed by atoms with Gasteiger partial charge in [-0.15, -0.1) is 11.3 Å². The lowest BCUT2D eigenvalue weighted by Crippen LogP contribution is -2.18. The third-order valence-electron chi connectivity index (χ3n) is 5.88. The highest BCUT2D eigenvalue weighted by molar-refractivity contribution is 7.17. The van der Waals surface area contributed by atoms with E-state index in [1.54, 1.807) is 41.2 Å². The topological polar surface area (TPSA) is 132 Å². The predicted molar refractivity (Wildman–Crippen MR) is 148 cm³/mol. The molecule has 38 heavy (non-hydrogen) atoms. The molecule has 3 heterocycles. The minimum Gasteiger partial charge on any atom is -0.378 e. The molecule has 2 amide bonds. The number of nitrogens with one attached hydrogen (secondary N) is 2. The number of amides is 2. The van der Waals surface area contributed by atoms with Gasteiger partial charge in [-0.25, -0.2) is 4.98 Å². The predicted octanol–water partition coefficient (Wildman–Crippen LogP) is 4.58. The standard InChI is InChI=1S/C28H24N6O3S/c29-26(36)12-14-34-22-9-8-20(31-17-23(35)18-5-2-1-3-6-18)15-21(22)32-28(34)33-27(37)25-11-10-24(38-25)19-7-4-13-30-16-19/h1-11,13,15-16,31H,12,14,17H2,(H2,29,36)(H,32,33,37). The number of aromatic nitrogens is 3. The molecule has 3 aromatic heterocycles. The zero-order valence-corrected chi connectivity index (χ0v) is 21.1. The summed E-state index contributed by atoms with van der Waals surface area (Å²) in [6, 6.07) is 21.9. The number of primary amides is 1. The van der Waals surface area contributed by atoms with Crippen LogP contribution in [0.5, 0.6) is 0 Å². The SMILES string of the molecule is NC(=O)CCn1c(NC(=O)c2ccc(-c3cccnc3)s2)nc2cc(NCC(=O)c3ccccc3)ccc21. The van der Waals surface area contributed by atoms with Crippen LogP contribution in [0.1, 0.15) is 26.5 Å². The molecule has 190 valence electrons. The van der Waals surface area contributed by atoms with Crippen LogP contribution in [0.15, 0.2) is 85.2 Å². The lowest BCUT2D eigenvalue weighted by molar-refractivity contribution is -0.118. The number of benzene rings is 2. The van der Waals surface area contributed by atoms with Crippen molar-refractivity contribution < 1.29 is 14.4 Å². The number of carbonyl (C=O) groups is 3. The van der Waals surface area contributed by atoms with E-state index in [4.69, 9.17) is 5.73 Å². The number of fused-ring (bicyclic) bond motifs is 1. The summed E-state index contributed by atoms with van der Waals surface area (Å²) in [5.41, 5.74) is 8.98. The Bertz CT molecular complexity index is 1610. The Morgan fingerprint density at radius 3 is 2.58 bits per heavy atom. The van der Waals surface area contributed by atoms with Crippen LogP contribution < -0.4 is 16.4 Å². The largest absolute Gasteiger partial charge is 0.378 e. The molecule has 9 nitrogen and oxygen atoms in total. The molecule has 5 rings (SSSR count). The number of thiophene rings is 1. The van der Waals surface area contributed by atoms with Crippen molar-refractivity contribution in [3.05, 3.63) is 95.6 Å². The normalized spacial score (nSPS) is 10.8. The molecule has 0 unspecified atom stereocenters. The maximum Gasteiger partial charge on any atom is 0.268 e. The Labute approximate surface area is 222 Å². The summed E-state index contributed by atoms with van der Waals surface area (Å²) < 4.78 is 1.76. The second-order valence-corrected chi connectivity index (χ2v) is 9.59. The molecule has 0 aliphatic carbocycles. The van der Waals surface area contributed by atoms with Crippen molar-refractivity contribution >= 4 is 51.6 Å². The van der Waals surface area contributed by atoms with Crippen LogP contribution in [0.25, 0.3) is 21.5 Å². The van der Waals surface area contributed by atoms with Crippen LogP contribution in [-0.2, 0) is 11.3 Å². The fraction of sp³-hybridized carbons (Fsp3) is 0.107. The number of hydrogen-bond donors (Lipinski definition) is 3. The minimum atomic E-state index is -0.457. The Kier molecular flexibility index (Phi) is 7.23. The van der Waals surface area contributed by atoms with Gasteiger partial charge in [-0.05, 0) is 36.4 Å². The van der Waals surface area contributed by atoms with Crippen LogP contribution >= 0.6 is 11.3 Å². The highest BCUT2D eigenvalue weighted by Crippen LogP contribution is 2.29. The van der Waals surface area contributed by atoms with E-state index in [9.17, 15) is 14.4 Å². The van der Waals surface area contributed by atoms with Gasteiger partial charge in [0, 0.05) is 47.1 Å². The van der Waals surface area contributed by atoms with Crippen molar-refractivity contribution in [1.82, 2.24) is 14.5 Å². The summed E-state index contributed by atoms with van der Waals surface area (Å²) in [6.07, 6.45) is 3.53. The van der Waals surface area contributed by atoms with Gasteiger partial charge in [0.1, 0.15) is 0 Å². The van der Waals surface area contributed by atoms with E-state index in [0.29, 0.717) is 27.6 Å². The Morgan fingerprint density at radius 1 is 0.974 bits per heavy atom. The number of ketones is 1. The smallest absolute Gasteiger partial charge is 0.268 e. The van der Waals surface area contributed by atoms with E-state index in [1.807, 2.05) is 48.5 Å². The minimum absolute atomic E-state index is 0.0350. The van der Waals surface area contributed by atoms with E-state index < -0.39 is 5.91 Å². The van der Waals surface area contributed by atoms with Gasteiger partial charge in [0.15, 0.2) is 5.78 Å². The zero-order valence-electron chi connectivity index (χ0n) is 20.3. The summed E-state index contributed by atoms with van der Waals surface area (Å²) in [7, 11) is 0. The molecular formula is C28H24N6O3S. The second-order valence-electron chi connectivity index (χ2n) is 8.51. The van der Waals surface area contributed by atoms with Gasteiger partial charge >= 0.3 is 0 Å². The number of imidazole rings is 1. The summed E-state index contributed by atoms with van der Waals surface area (Å²) >= 11 is 1.35. The first kappa shape index (κ1) is 24.8. The molecule has 0 saturated heterocycles. The van der Waals surface area contributed by atoms with Crippen LogP contribution in [0.4, 0.5) is 11.6 Å². The second kappa shape index (κ2) is 11.1. The molecule has 0 spiro atoms. The van der Waals surface area contributed by atoms with Crippen LogP contribution in [0, 0.1) is 0 Å². The van der Waals surface area contributed by atoms with Crippen molar-refractivity contribution in [2.75, 3.05) is 17.2 Å². The molecule has 0 atom stereocenters. The van der Waals surface area contributed by atoms with E-state index >= 15 is 0 Å². The molecule has 0 fully saturated rings. The van der Waals surface area contributed by atoms with Gasteiger partial charge in [-0.2, -0.15) is 0 Å². The van der Waals surface area contributed by atoms with Crippen LogP contribution in [0.2, 0.25) is 0 Å². The third-order valence-corrected chi connectivity index (χ3v) is 7.01. The first-order valence-corrected chi connectivity index (χ1v) is 12.7. The first-order chi connectivity index (χ1) is 18.5. The first-order valence-electron chi connectivity index (χ1n) is 11.9. The Morgan fingerprint density at radius 2 is 1.82 bits per heavy atom. The fourth-order valence-electron chi connectivity index (χ4n) is 3.98. The summed E-state index contributed by atoms with van der Waals surface area (Å²) in [5.74, 6) is -0.499. The quantitative estimate of drug-likeness (QED) is 0.229. The van der Waals surface area contributed by atoms with Crippen molar-refractivity contribution in [3.8, 4) is 10.4 Å². The molecular weight excluding hydrogens is 500 g/mol. The average Bonchev–Trinajstić information content (AvgIpc) is 3.56. The van der Waals surface area contributed by atoms with E-state index in [1.165, 1.54) is 11.3 Å². The number of rotatable bonds is 10. The molecule has 0 radical (unpaired) electrons. The molecule has 0 bridgehead atoms. The van der Waals surface area contributed by atoms with E-state index in [0.717, 1.165) is 16.0 Å². The van der Waals surface area contributed by atoms with Crippen molar-refractivity contribution in [2.24, 2.45) is 5.73 Å². The number of carbonyl (C=O) groups excluding carboxylic acids is 3. The van der Waals surface area contributed by atoms with Crippen molar-refractivity contribution in [3.63, 3.8) is 0 Å². The summed E-state index contributed by atoms with van der Waals surface area (Å²) in [6.45, 7) is 0.380. The van der Waals surface area contributed by atoms with Gasteiger partial charge in [0.25, 0.3) is 5.91 Å².